The van der Waals surface area contributed by atoms with Crippen molar-refractivity contribution in [3.05, 3.63) is 29.8 Å². The van der Waals surface area contributed by atoms with Gasteiger partial charge in [0.15, 0.2) is 0 Å². The van der Waals surface area contributed by atoms with Gasteiger partial charge in [0.25, 0.3) is 0 Å². The van der Waals surface area contributed by atoms with Crippen LogP contribution in [0.25, 0.3) is 0 Å². The lowest BCUT2D eigenvalue weighted by atomic mass is 10.1. The van der Waals surface area contributed by atoms with E-state index in [4.69, 9.17) is 4.74 Å². The second-order valence-electron chi connectivity index (χ2n) is 4.77. The quantitative estimate of drug-likeness (QED) is 0.782. The van der Waals surface area contributed by atoms with Gasteiger partial charge in [0, 0.05) is 13.1 Å². The van der Waals surface area contributed by atoms with Crippen molar-refractivity contribution < 1.29 is 14.3 Å². The highest BCUT2D eigenvalue weighted by atomic mass is 16.5. The molecule has 0 aliphatic carbocycles. The van der Waals surface area contributed by atoms with Gasteiger partial charge in [-0.3, -0.25) is 0 Å². The third-order valence-corrected chi connectivity index (χ3v) is 3.56. The Labute approximate surface area is 114 Å². The Bertz CT molecular complexity index is 408. The summed E-state index contributed by atoms with van der Waals surface area (Å²) in [5.41, 5.74) is 0.552. The van der Waals surface area contributed by atoms with Gasteiger partial charge >= 0.3 is 5.97 Å². The fraction of sp³-hybridized carbons (Fsp3) is 0.533. The van der Waals surface area contributed by atoms with Gasteiger partial charge in [-0.25, -0.2) is 4.79 Å². The van der Waals surface area contributed by atoms with Gasteiger partial charge in [0.05, 0.1) is 12.7 Å². The summed E-state index contributed by atoms with van der Waals surface area (Å²) in [6.45, 7) is 5.50. The highest BCUT2D eigenvalue weighted by Crippen LogP contribution is 2.19. The lowest BCUT2D eigenvalue weighted by molar-refractivity contribution is 0.0600. The van der Waals surface area contributed by atoms with E-state index in [0.717, 1.165) is 38.2 Å². The highest BCUT2D eigenvalue weighted by Gasteiger charge is 2.19. The van der Waals surface area contributed by atoms with Crippen molar-refractivity contribution in [2.24, 2.45) is 0 Å². The minimum Gasteiger partial charge on any atom is -0.490 e. The number of hydrogen-bond donors (Lipinski definition) is 0. The number of likely N-dealkylation sites (tertiary alicyclic amines) is 1. The molecule has 4 heteroatoms. The number of esters is 1. The maximum Gasteiger partial charge on any atom is 0.337 e. The normalized spacial score (nSPS) is 17.2. The molecular formula is C15H21NO3. The first kappa shape index (κ1) is 13.9. The SMILES string of the molecule is CCN1CCC(Oc2ccc(C(=O)OC)cc2)CC1. The zero-order valence-corrected chi connectivity index (χ0v) is 11.6. The fourth-order valence-electron chi connectivity index (χ4n) is 2.32. The number of hydrogen-bond acceptors (Lipinski definition) is 4. The molecule has 0 N–H and O–H groups in total. The minimum absolute atomic E-state index is 0.284. The second kappa shape index (κ2) is 6.57. The van der Waals surface area contributed by atoms with Crippen molar-refractivity contribution in [3.8, 4) is 5.75 Å². The Balaban J connectivity index is 1.88. The van der Waals surface area contributed by atoms with Crippen molar-refractivity contribution in [3.63, 3.8) is 0 Å². The number of benzene rings is 1. The number of nitrogens with zero attached hydrogens (tertiary/aromatic N) is 1. The van der Waals surface area contributed by atoms with Crippen LogP contribution in [-0.4, -0.2) is 43.7 Å². The van der Waals surface area contributed by atoms with Gasteiger partial charge in [-0.2, -0.15) is 0 Å². The van der Waals surface area contributed by atoms with Gasteiger partial charge < -0.3 is 14.4 Å². The Morgan fingerprint density at radius 2 is 1.89 bits per heavy atom. The predicted molar refractivity (Wildman–Crippen MR) is 73.5 cm³/mol. The molecule has 1 heterocycles. The standard InChI is InChI=1S/C15H21NO3/c1-3-16-10-8-14(9-11-16)19-13-6-4-12(5-7-13)15(17)18-2/h4-7,14H,3,8-11H2,1-2H3. The predicted octanol–water partition coefficient (Wildman–Crippen LogP) is 2.34. The zero-order chi connectivity index (χ0) is 13.7. The molecule has 0 spiro atoms. The van der Waals surface area contributed by atoms with Crippen LogP contribution in [0.2, 0.25) is 0 Å². The zero-order valence-electron chi connectivity index (χ0n) is 11.6. The van der Waals surface area contributed by atoms with E-state index in [1.54, 1.807) is 12.1 Å². The van der Waals surface area contributed by atoms with Crippen LogP contribution in [0, 0.1) is 0 Å². The number of carbonyl (C=O) groups is 1. The topological polar surface area (TPSA) is 38.8 Å². The first-order valence-corrected chi connectivity index (χ1v) is 6.80. The summed E-state index contributed by atoms with van der Waals surface area (Å²) in [6, 6.07) is 7.14. The van der Waals surface area contributed by atoms with Gasteiger partial charge in [-0.05, 0) is 43.7 Å². The van der Waals surface area contributed by atoms with Crippen LogP contribution >= 0.6 is 0 Å². The van der Waals surface area contributed by atoms with E-state index >= 15 is 0 Å². The van der Waals surface area contributed by atoms with Gasteiger partial charge in [0.2, 0.25) is 0 Å². The van der Waals surface area contributed by atoms with Crippen LogP contribution in [0.5, 0.6) is 5.75 Å². The molecule has 0 aromatic heterocycles. The molecule has 1 aliphatic heterocycles. The van der Waals surface area contributed by atoms with E-state index in [2.05, 4.69) is 16.6 Å². The molecule has 0 atom stereocenters. The molecule has 1 aliphatic rings. The number of rotatable bonds is 4. The van der Waals surface area contributed by atoms with E-state index < -0.39 is 0 Å². The Kier molecular flexibility index (Phi) is 4.80. The summed E-state index contributed by atoms with van der Waals surface area (Å²) >= 11 is 0. The molecule has 1 aromatic rings. The molecule has 0 radical (unpaired) electrons. The number of methoxy groups -OCH3 is 1. The molecule has 0 unspecified atom stereocenters. The molecule has 1 aromatic carbocycles. The fourth-order valence-corrected chi connectivity index (χ4v) is 2.32. The summed E-state index contributed by atoms with van der Waals surface area (Å²) < 4.78 is 10.6. The van der Waals surface area contributed by atoms with Gasteiger partial charge in [-0.15, -0.1) is 0 Å². The van der Waals surface area contributed by atoms with Crippen LogP contribution in [0.15, 0.2) is 24.3 Å². The Morgan fingerprint density at radius 3 is 2.42 bits per heavy atom. The summed E-state index contributed by atoms with van der Waals surface area (Å²) in [5, 5.41) is 0. The number of ether oxygens (including phenoxy) is 2. The number of piperidine rings is 1. The molecule has 0 bridgehead atoms. The van der Waals surface area contributed by atoms with Crippen LogP contribution in [0.4, 0.5) is 0 Å². The molecule has 1 saturated heterocycles. The van der Waals surface area contributed by atoms with Gasteiger partial charge in [-0.1, -0.05) is 6.92 Å². The third kappa shape index (κ3) is 3.70. The van der Waals surface area contributed by atoms with Crippen molar-refractivity contribution in [1.82, 2.24) is 4.90 Å². The molecule has 104 valence electrons. The Hall–Kier alpha value is -1.55. The number of carbonyl (C=O) groups excluding carboxylic acids is 1. The first-order chi connectivity index (χ1) is 9.22. The van der Waals surface area contributed by atoms with Crippen LogP contribution in [-0.2, 0) is 4.74 Å². The van der Waals surface area contributed by atoms with E-state index in [1.165, 1.54) is 7.11 Å². The lowest BCUT2D eigenvalue weighted by Crippen LogP contribution is -2.37. The molecule has 19 heavy (non-hydrogen) atoms. The van der Waals surface area contributed by atoms with Crippen LogP contribution < -0.4 is 4.74 Å². The monoisotopic (exact) mass is 263 g/mol. The minimum atomic E-state index is -0.317. The average Bonchev–Trinajstić information content (AvgIpc) is 2.48. The highest BCUT2D eigenvalue weighted by molar-refractivity contribution is 5.89. The maximum atomic E-state index is 11.3. The Morgan fingerprint density at radius 1 is 1.26 bits per heavy atom. The van der Waals surface area contributed by atoms with Crippen LogP contribution in [0.3, 0.4) is 0 Å². The second-order valence-corrected chi connectivity index (χ2v) is 4.77. The smallest absolute Gasteiger partial charge is 0.337 e. The summed E-state index contributed by atoms with van der Waals surface area (Å²) in [4.78, 5) is 13.7. The van der Waals surface area contributed by atoms with Crippen molar-refractivity contribution in [2.45, 2.75) is 25.9 Å². The molecule has 1 fully saturated rings. The molecule has 4 nitrogen and oxygen atoms in total. The van der Waals surface area contributed by atoms with E-state index in [0.29, 0.717) is 5.56 Å². The lowest BCUT2D eigenvalue weighted by Gasteiger charge is -2.31. The molecular weight excluding hydrogens is 242 g/mol. The third-order valence-electron chi connectivity index (χ3n) is 3.56. The summed E-state index contributed by atoms with van der Waals surface area (Å²) in [5.74, 6) is 0.505. The van der Waals surface area contributed by atoms with Crippen LogP contribution in [0.1, 0.15) is 30.1 Å². The maximum absolute atomic E-state index is 11.3. The van der Waals surface area contributed by atoms with Crippen molar-refractivity contribution in [2.75, 3.05) is 26.7 Å². The largest absolute Gasteiger partial charge is 0.490 e. The first-order valence-electron chi connectivity index (χ1n) is 6.80. The molecule has 0 amide bonds. The van der Waals surface area contributed by atoms with Crippen molar-refractivity contribution >= 4 is 5.97 Å². The summed E-state index contributed by atoms with van der Waals surface area (Å²) in [7, 11) is 1.38. The van der Waals surface area contributed by atoms with E-state index in [1.807, 2.05) is 12.1 Å². The van der Waals surface area contributed by atoms with Gasteiger partial charge in [0.1, 0.15) is 11.9 Å². The molecule has 2 rings (SSSR count). The van der Waals surface area contributed by atoms with E-state index in [9.17, 15) is 4.79 Å². The average molecular weight is 263 g/mol. The van der Waals surface area contributed by atoms with E-state index in [-0.39, 0.29) is 12.1 Å². The summed E-state index contributed by atoms with van der Waals surface area (Å²) in [6.07, 6.45) is 2.41. The molecule has 0 saturated carbocycles. The van der Waals surface area contributed by atoms with Crippen molar-refractivity contribution in [1.29, 1.82) is 0 Å².